The molecule has 2 aromatic carbocycles. The van der Waals surface area contributed by atoms with Crippen molar-refractivity contribution in [3.05, 3.63) is 60.2 Å². The molecule has 0 spiro atoms. The van der Waals surface area contributed by atoms with Crippen LogP contribution in [0.1, 0.15) is 18.0 Å². The van der Waals surface area contributed by atoms with E-state index in [-0.39, 0.29) is 12.3 Å². The van der Waals surface area contributed by atoms with Crippen LogP contribution in [0.15, 0.2) is 54.6 Å². The fourth-order valence-electron chi connectivity index (χ4n) is 3.17. The third-order valence-electron chi connectivity index (χ3n) is 4.73. The largest absolute Gasteiger partial charge is 0.457 e. The zero-order valence-corrected chi connectivity index (χ0v) is 16.5. The molecule has 4 N–H and O–H groups in total. The van der Waals surface area contributed by atoms with Gasteiger partial charge in [-0.2, -0.15) is 0 Å². The lowest BCUT2D eigenvalue weighted by Crippen LogP contribution is -2.53. The lowest BCUT2D eigenvalue weighted by atomic mass is 10.0. The minimum Gasteiger partial charge on any atom is -0.457 e. The second kappa shape index (κ2) is 9.90. The van der Waals surface area contributed by atoms with Crippen LogP contribution in [0.3, 0.4) is 0 Å². The molecule has 1 atom stereocenters. The number of urea groups is 1. The predicted molar refractivity (Wildman–Crippen MR) is 110 cm³/mol. The summed E-state index contributed by atoms with van der Waals surface area (Å²) in [6.45, 7) is 3.30. The van der Waals surface area contributed by atoms with Crippen molar-refractivity contribution in [2.24, 2.45) is 5.73 Å². The summed E-state index contributed by atoms with van der Waals surface area (Å²) in [5, 5.41) is 4.56. The number of hydrogen-bond acceptors (Lipinski definition) is 5. The second-order valence-corrected chi connectivity index (χ2v) is 7.08. The molecule has 0 bridgehead atoms. The smallest absolute Gasteiger partial charge is 0.312 e. The lowest BCUT2D eigenvalue weighted by molar-refractivity contribution is -0.127. The Morgan fingerprint density at radius 2 is 1.72 bits per heavy atom. The van der Waals surface area contributed by atoms with Crippen molar-refractivity contribution in [3.8, 4) is 11.5 Å². The van der Waals surface area contributed by atoms with Crippen LogP contribution < -0.4 is 21.2 Å². The average molecular weight is 397 g/mol. The number of primary amides is 1. The highest BCUT2D eigenvalue weighted by molar-refractivity contribution is 5.78. The number of rotatable bonds is 7. The van der Waals surface area contributed by atoms with E-state index in [0.717, 1.165) is 31.7 Å². The van der Waals surface area contributed by atoms with Crippen molar-refractivity contribution in [2.75, 3.05) is 33.2 Å². The van der Waals surface area contributed by atoms with Gasteiger partial charge >= 0.3 is 6.03 Å². The first-order valence-electron chi connectivity index (χ1n) is 9.61. The molecule has 154 valence electrons. The zero-order chi connectivity index (χ0) is 20.6. The van der Waals surface area contributed by atoms with E-state index in [1.165, 1.54) is 0 Å². The normalized spacial score (nSPS) is 16.0. The number of piperazine rings is 1. The monoisotopic (exact) mass is 397 g/mol. The fourth-order valence-corrected chi connectivity index (χ4v) is 3.17. The molecule has 3 rings (SSSR count). The number of nitrogens with one attached hydrogen (secondary N) is 2. The summed E-state index contributed by atoms with van der Waals surface area (Å²) in [6.07, 6.45) is 0.0735. The molecule has 8 nitrogen and oxygen atoms in total. The van der Waals surface area contributed by atoms with Gasteiger partial charge in [-0.1, -0.05) is 30.3 Å². The van der Waals surface area contributed by atoms with E-state index in [9.17, 15) is 9.59 Å². The Morgan fingerprint density at radius 1 is 1.03 bits per heavy atom. The van der Waals surface area contributed by atoms with Crippen molar-refractivity contribution in [2.45, 2.75) is 12.5 Å². The molecule has 29 heavy (non-hydrogen) atoms. The Kier molecular flexibility index (Phi) is 7.04. The minimum atomic E-state index is -0.684. The van der Waals surface area contributed by atoms with E-state index in [4.69, 9.17) is 10.5 Å². The number of carbonyl (C=O) groups excluding carboxylic acids is 2. The third kappa shape index (κ3) is 6.48. The van der Waals surface area contributed by atoms with Crippen molar-refractivity contribution in [1.29, 1.82) is 0 Å². The molecular formula is C21H27N5O3. The highest BCUT2D eigenvalue weighted by atomic mass is 16.5. The lowest BCUT2D eigenvalue weighted by Gasteiger charge is -2.32. The summed E-state index contributed by atoms with van der Waals surface area (Å²) in [5.41, 5.74) is 8.99. The fraction of sp³-hybridized carbons (Fsp3) is 0.333. The Hall–Kier alpha value is -3.10. The van der Waals surface area contributed by atoms with Gasteiger partial charge in [-0.15, -0.1) is 0 Å². The third-order valence-corrected chi connectivity index (χ3v) is 4.73. The molecule has 1 heterocycles. The van der Waals surface area contributed by atoms with Gasteiger partial charge in [-0.3, -0.25) is 10.2 Å². The molecule has 0 aromatic heterocycles. The number of hydrogen-bond donors (Lipinski definition) is 3. The number of amides is 3. The van der Waals surface area contributed by atoms with Crippen LogP contribution in [-0.4, -0.2) is 55.1 Å². The Morgan fingerprint density at radius 3 is 2.41 bits per heavy atom. The van der Waals surface area contributed by atoms with Crippen LogP contribution in [0.25, 0.3) is 0 Å². The first-order chi connectivity index (χ1) is 14.0. The van der Waals surface area contributed by atoms with Gasteiger partial charge in [0, 0.05) is 26.2 Å². The summed E-state index contributed by atoms with van der Waals surface area (Å²) >= 11 is 0. The summed E-state index contributed by atoms with van der Waals surface area (Å²) in [5.74, 6) is 1.14. The maximum atomic E-state index is 12.5. The molecule has 1 fully saturated rings. The molecule has 0 unspecified atom stereocenters. The van der Waals surface area contributed by atoms with Crippen molar-refractivity contribution >= 4 is 11.9 Å². The first-order valence-corrected chi connectivity index (χ1v) is 9.61. The number of likely N-dealkylation sites (N-methyl/N-ethyl adjacent to an activating group) is 1. The quantitative estimate of drug-likeness (QED) is 0.662. The SMILES string of the molecule is CN1CCN(NC(=O)C[C@H](NC(N)=O)c2cccc(Oc3ccccc3)c2)CC1. The molecule has 0 saturated carbocycles. The van der Waals surface area contributed by atoms with Crippen LogP contribution in [0.2, 0.25) is 0 Å². The number of hydrazine groups is 1. The number of carbonyl (C=O) groups is 2. The van der Waals surface area contributed by atoms with Crippen LogP contribution in [0.5, 0.6) is 11.5 Å². The van der Waals surface area contributed by atoms with E-state index in [0.29, 0.717) is 11.5 Å². The van der Waals surface area contributed by atoms with Crippen molar-refractivity contribution in [3.63, 3.8) is 0 Å². The number of nitrogens with two attached hydrogens (primary N) is 1. The maximum absolute atomic E-state index is 12.5. The van der Waals surface area contributed by atoms with E-state index in [1.807, 2.05) is 53.5 Å². The van der Waals surface area contributed by atoms with E-state index in [1.54, 1.807) is 6.07 Å². The highest BCUT2D eigenvalue weighted by Crippen LogP contribution is 2.26. The molecule has 0 aliphatic carbocycles. The van der Waals surface area contributed by atoms with Gasteiger partial charge in [0.2, 0.25) is 5.91 Å². The van der Waals surface area contributed by atoms with Crippen LogP contribution in [-0.2, 0) is 4.79 Å². The minimum absolute atomic E-state index is 0.0735. The van der Waals surface area contributed by atoms with Gasteiger partial charge in [0.05, 0.1) is 12.5 Å². The number of ether oxygens (including phenoxy) is 1. The Balaban J connectivity index is 1.67. The first kappa shape index (κ1) is 20.6. The Bertz CT molecular complexity index is 822. The predicted octanol–water partition coefficient (Wildman–Crippen LogP) is 1.86. The molecular weight excluding hydrogens is 370 g/mol. The summed E-state index contributed by atoms with van der Waals surface area (Å²) < 4.78 is 5.85. The number of nitrogens with zero attached hydrogens (tertiary/aromatic N) is 2. The molecule has 3 amide bonds. The molecule has 2 aromatic rings. The molecule has 0 radical (unpaired) electrons. The van der Waals surface area contributed by atoms with Gasteiger partial charge in [-0.05, 0) is 36.9 Å². The number of para-hydroxylation sites is 1. The number of benzene rings is 2. The summed E-state index contributed by atoms with van der Waals surface area (Å²) in [6, 6.07) is 15.4. The van der Waals surface area contributed by atoms with E-state index < -0.39 is 12.1 Å². The highest BCUT2D eigenvalue weighted by Gasteiger charge is 2.21. The molecule has 8 heteroatoms. The van der Waals surface area contributed by atoms with Gasteiger partial charge in [0.1, 0.15) is 11.5 Å². The summed E-state index contributed by atoms with van der Waals surface area (Å²) in [4.78, 5) is 26.2. The van der Waals surface area contributed by atoms with Gasteiger partial charge in [-0.25, -0.2) is 9.80 Å². The average Bonchev–Trinajstić information content (AvgIpc) is 2.70. The van der Waals surface area contributed by atoms with Gasteiger partial charge < -0.3 is 20.7 Å². The maximum Gasteiger partial charge on any atom is 0.312 e. The van der Waals surface area contributed by atoms with Gasteiger partial charge in [0.15, 0.2) is 0 Å². The standard InChI is InChI=1S/C21H27N5O3/c1-25-10-12-26(13-11-25)24-20(27)15-19(23-21(22)28)16-6-5-9-18(14-16)29-17-7-3-2-4-8-17/h2-9,14,19H,10-13,15H2,1H3,(H,24,27)(H3,22,23,28)/t19-/m0/s1. The van der Waals surface area contributed by atoms with Crippen LogP contribution in [0, 0.1) is 0 Å². The molecule has 1 aliphatic heterocycles. The van der Waals surface area contributed by atoms with Crippen molar-refractivity contribution in [1.82, 2.24) is 20.7 Å². The zero-order valence-electron chi connectivity index (χ0n) is 16.5. The van der Waals surface area contributed by atoms with E-state index in [2.05, 4.69) is 22.7 Å². The Labute approximate surface area is 170 Å². The van der Waals surface area contributed by atoms with Crippen molar-refractivity contribution < 1.29 is 14.3 Å². The van der Waals surface area contributed by atoms with Crippen LogP contribution >= 0.6 is 0 Å². The van der Waals surface area contributed by atoms with Gasteiger partial charge in [0.25, 0.3) is 0 Å². The van der Waals surface area contributed by atoms with Crippen LogP contribution in [0.4, 0.5) is 4.79 Å². The topological polar surface area (TPSA) is 99.9 Å². The molecule has 1 saturated heterocycles. The molecule has 1 aliphatic rings. The summed E-state index contributed by atoms with van der Waals surface area (Å²) in [7, 11) is 2.05. The van der Waals surface area contributed by atoms with E-state index >= 15 is 0 Å². The second-order valence-electron chi connectivity index (χ2n) is 7.08.